The van der Waals surface area contributed by atoms with Gasteiger partial charge in [0, 0.05) is 0 Å². The van der Waals surface area contributed by atoms with Gasteiger partial charge in [0.05, 0.1) is 17.9 Å². The third-order valence-corrected chi connectivity index (χ3v) is 4.38. The monoisotopic (exact) mass is 339 g/mol. The van der Waals surface area contributed by atoms with Crippen LogP contribution in [0.1, 0.15) is 45.7 Å². The third-order valence-electron chi connectivity index (χ3n) is 4.38. The van der Waals surface area contributed by atoms with Crippen molar-refractivity contribution in [2.24, 2.45) is 5.92 Å². The van der Waals surface area contributed by atoms with Crippen molar-refractivity contribution >= 4 is 11.7 Å². The molecule has 1 saturated heterocycles. The quantitative estimate of drug-likeness (QED) is 0.582. The van der Waals surface area contributed by atoms with Gasteiger partial charge in [-0.2, -0.15) is 0 Å². The van der Waals surface area contributed by atoms with Gasteiger partial charge >= 0.3 is 5.97 Å². The van der Waals surface area contributed by atoms with Crippen LogP contribution in [0, 0.1) is 5.92 Å². The summed E-state index contributed by atoms with van der Waals surface area (Å²) in [7, 11) is 0. The highest BCUT2D eigenvalue weighted by Crippen LogP contribution is 2.24. The molecule has 0 bridgehead atoms. The SMILES string of the molecule is [2H]C([2H])([18F])Oc1cc(C(=O)OCC2CCN(CCCC)CC2)ccc1N. The normalized spacial score (nSPS) is 17.9. The molecule has 0 spiro atoms. The van der Waals surface area contributed by atoms with E-state index in [1.807, 2.05) is 0 Å². The second-order valence-corrected chi connectivity index (χ2v) is 6.17. The molecule has 2 N–H and O–H groups in total. The Morgan fingerprint density at radius 2 is 2.21 bits per heavy atom. The predicted molar refractivity (Wildman–Crippen MR) is 91.8 cm³/mol. The van der Waals surface area contributed by atoms with Crippen LogP contribution in [0.15, 0.2) is 18.2 Å². The molecular formula is C18H27FN2O3. The molecule has 1 aromatic carbocycles. The summed E-state index contributed by atoms with van der Waals surface area (Å²) in [5.41, 5.74) is 5.82. The van der Waals surface area contributed by atoms with E-state index in [4.69, 9.17) is 13.2 Å². The van der Waals surface area contributed by atoms with E-state index in [0.29, 0.717) is 12.5 Å². The molecule has 0 atom stereocenters. The molecule has 0 amide bonds. The minimum Gasteiger partial charge on any atom is -0.462 e. The Labute approximate surface area is 145 Å². The van der Waals surface area contributed by atoms with Gasteiger partial charge in [-0.3, -0.25) is 0 Å². The number of anilines is 1. The maximum absolute atomic E-state index is 13.0. The molecule has 0 saturated carbocycles. The van der Waals surface area contributed by atoms with E-state index in [1.54, 1.807) is 0 Å². The summed E-state index contributed by atoms with van der Waals surface area (Å²) in [5, 5.41) is 0. The molecule has 1 fully saturated rings. The van der Waals surface area contributed by atoms with Crippen molar-refractivity contribution < 1.29 is 21.4 Å². The van der Waals surface area contributed by atoms with E-state index >= 15 is 0 Å². The lowest BCUT2D eigenvalue weighted by atomic mass is 9.97. The molecule has 0 aliphatic carbocycles. The Hall–Kier alpha value is -1.82. The van der Waals surface area contributed by atoms with Crippen LogP contribution in [0.4, 0.5) is 10.1 Å². The molecule has 1 heterocycles. The first-order valence-corrected chi connectivity index (χ1v) is 8.45. The number of alkyl halides is 1. The molecule has 1 aliphatic heterocycles. The first-order chi connectivity index (χ1) is 12.3. The number of hydrogen-bond acceptors (Lipinski definition) is 5. The van der Waals surface area contributed by atoms with Crippen LogP contribution in [0.5, 0.6) is 5.75 Å². The molecule has 2 rings (SSSR count). The molecule has 134 valence electrons. The number of nitrogens with zero attached hydrogens (tertiary/aromatic N) is 1. The number of hydrogen-bond donors (Lipinski definition) is 1. The van der Waals surface area contributed by atoms with Gasteiger partial charge < -0.3 is 20.1 Å². The summed E-state index contributed by atoms with van der Waals surface area (Å²) >= 11 is 0. The molecule has 0 aromatic heterocycles. The van der Waals surface area contributed by atoms with Gasteiger partial charge in [0.25, 0.3) is 0 Å². The molecule has 6 heteroatoms. The Bertz CT molecular complexity index is 603. The van der Waals surface area contributed by atoms with E-state index in [1.165, 1.54) is 31.0 Å². The fourth-order valence-corrected chi connectivity index (χ4v) is 2.83. The third kappa shape index (κ3) is 5.37. The topological polar surface area (TPSA) is 64.8 Å². The second kappa shape index (κ2) is 9.47. The van der Waals surface area contributed by atoms with Crippen LogP contribution in [0.25, 0.3) is 0 Å². The largest absolute Gasteiger partial charge is 0.462 e. The molecular weight excluding hydrogens is 310 g/mol. The number of halogens is 1. The number of esters is 1. The van der Waals surface area contributed by atoms with Crippen LogP contribution >= 0.6 is 0 Å². The van der Waals surface area contributed by atoms with Crippen molar-refractivity contribution in [1.29, 1.82) is 0 Å². The first kappa shape index (κ1) is 15.7. The van der Waals surface area contributed by atoms with Gasteiger partial charge in [-0.25, -0.2) is 9.18 Å². The maximum atomic E-state index is 13.0. The Morgan fingerprint density at radius 1 is 1.46 bits per heavy atom. The van der Waals surface area contributed by atoms with E-state index in [2.05, 4.69) is 16.6 Å². The van der Waals surface area contributed by atoms with Gasteiger partial charge in [-0.1, -0.05) is 13.3 Å². The lowest BCUT2D eigenvalue weighted by Crippen LogP contribution is -2.36. The summed E-state index contributed by atoms with van der Waals surface area (Å²) in [6, 6.07) is 4.01. The zero-order valence-electron chi connectivity index (χ0n) is 16.1. The number of carbonyl (C=O) groups is 1. The fraction of sp³-hybridized carbons (Fsp3) is 0.611. The number of ether oxygens (including phenoxy) is 2. The smallest absolute Gasteiger partial charge is 0.338 e. The van der Waals surface area contributed by atoms with Gasteiger partial charge in [0.1, 0.15) is 8.49 Å². The van der Waals surface area contributed by atoms with Gasteiger partial charge in [0.15, 0.2) is 0 Å². The predicted octanol–water partition coefficient (Wildman–Crippen LogP) is 3.24. The number of likely N-dealkylation sites (tertiary alicyclic amines) is 1. The lowest BCUT2D eigenvalue weighted by molar-refractivity contribution is 0.0371. The Kier molecular flexibility index (Phi) is 6.19. The summed E-state index contributed by atoms with van der Waals surface area (Å²) in [6.07, 6.45) is 4.39. The fourth-order valence-electron chi connectivity index (χ4n) is 2.83. The van der Waals surface area contributed by atoms with Crippen molar-refractivity contribution in [1.82, 2.24) is 4.90 Å². The van der Waals surface area contributed by atoms with E-state index in [0.717, 1.165) is 32.5 Å². The van der Waals surface area contributed by atoms with Crippen LogP contribution in [0.2, 0.25) is 0 Å². The van der Waals surface area contributed by atoms with E-state index in [9.17, 15) is 9.18 Å². The highest BCUT2D eigenvalue weighted by molar-refractivity contribution is 5.90. The first-order valence-electron chi connectivity index (χ1n) is 9.45. The second-order valence-electron chi connectivity index (χ2n) is 6.17. The molecule has 0 radical (unpaired) electrons. The minimum atomic E-state index is -3.37. The van der Waals surface area contributed by atoms with Crippen LogP contribution in [0.3, 0.4) is 0 Å². The number of nitrogens with two attached hydrogens (primary N) is 1. The maximum Gasteiger partial charge on any atom is 0.338 e. The number of carbonyl (C=O) groups excluding carboxylic acids is 1. The summed E-state index contributed by atoms with van der Waals surface area (Å²) in [6.45, 7) is 2.31. The van der Waals surface area contributed by atoms with Crippen LogP contribution < -0.4 is 10.5 Å². The van der Waals surface area contributed by atoms with E-state index in [-0.39, 0.29) is 17.0 Å². The Morgan fingerprint density at radius 3 is 2.88 bits per heavy atom. The number of rotatable bonds is 8. The number of unbranched alkanes of at least 4 members (excludes halogenated alkanes) is 1. The van der Waals surface area contributed by atoms with Crippen molar-refractivity contribution in [3.05, 3.63) is 23.8 Å². The highest BCUT2D eigenvalue weighted by Gasteiger charge is 2.20. The Balaban J connectivity index is 1.84. The average Bonchev–Trinajstić information content (AvgIpc) is 2.59. The molecule has 1 aliphatic rings. The van der Waals surface area contributed by atoms with E-state index < -0.39 is 12.8 Å². The molecule has 5 nitrogen and oxygen atoms in total. The number of piperidine rings is 1. The molecule has 24 heavy (non-hydrogen) atoms. The molecule has 1 aromatic rings. The van der Waals surface area contributed by atoms with Gasteiger partial charge in [-0.15, -0.1) is 0 Å². The summed E-state index contributed by atoms with van der Waals surface area (Å²) < 4.78 is 36.5. The lowest BCUT2D eigenvalue weighted by Gasteiger charge is -2.31. The number of benzene rings is 1. The zero-order chi connectivity index (χ0) is 19.2. The van der Waals surface area contributed by atoms with Gasteiger partial charge in [0.2, 0.25) is 6.81 Å². The van der Waals surface area contributed by atoms with Gasteiger partial charge in [-0.05, 0) is 63.0 Å². The summed E-state index contributed by atoms with van der Waals surface area (Å²) in [5.74, 6) is -0.444. The van der Waals surface area contributed by atoms with Crippen LogP contribution in [-0.4, -0.2) is 43.9 Å². The van der Waals surface area contributed by atoms with Crippen molar-refractivity contribution in [2.75, 3.05) is 38.8 Å². The minimum absolute atomic E-state index is 0.0440. The van der Waals surface area contributed by atoms with Crippen molar-refractivity contribution in [3.8, 4) is 5.75 Å². The standard InChI is InChI=1S/C18H27FN2O3/c1-2-3-8-21-9-6-14(7-10-21)12-23-18(22)15-4-5-16(20)17(11-15)24-13-19/h4-5,11,14H,2-3,6-10,12-13,20H2,1H3/i13D2,19-1. The molecule has 0 unspecified atom stereocenters. The van der Waals surface area contributed by atoms with Crippen molar-refractivity contribution in [3.63, 3.8) is 0 Å². The summed E-state index contributed by atoms with van der Waals surface area (Å²) in [4.78, 5) is 14.6. The number of nitrogen functional groups attached to an aromatic ring is 1. The zero-order valence-corrected chi connectivity index (χ0v) is 14.1. The average molecular weight is 339 g/mol. The van der Waals surface area contributed by atoms with Crippen molar-refractivity contribution in [2.45, 2.75) is 32.6 Å². The highest BCUT2D eigenvalue weighted by atomic mass is 18.2. The van der Waals surface area contributed by atoms with Crippen LogP contribution in [-0.2, 0) is 4.74 Å².